The number of aromatic nitrogens is 2. The zero-order chi connectivity index (χ0) is 23.7. The van der Waals surface area contributed by atoms with Gasteiger partial charge in [0.2, 0.25) is 15.9 Å². The second kappa shape index (κ2) is 9.25. The first kappa shape index (κ1) is 22.6. The number of carbonyl (C=O) groups is 1. The number of imidazole rings is 1. The Morgan fingerprint density at radius 1 is 1.03 bits per heavy atom. The molecule has 1 fully saturated rings. The molecule has 1 aromatic heterocycles. The number of aromatic amines is 1. The van der Waals surface area contributed by atoms with Crippen molar-refractivity contribution in [1.82, 2.24) is 19.2 Å². The number of hydrogen-bond acceptors (Lipinski definition) is 5. The molecule has 1 saturated heterocycles. The van der Waals surface area contributed by atoms with Gasteiger partial charge in [-0.05, 0) is 42.3 Å². The van der Waals surface area contributed by atoms with E-state index >= 15 is 0 Å². The molecule has 0 spiro atoms. The number of nitrogens with zero attached hydrogens (tertiary/aromatic N) is 3. The lowest BCUT2D eigenvalue weighted by molar-refractivity contribution is -0.130. The van der Waals surface area contributed by atoms with Crippen molar-refractivity contribution >= 4 is 38.7 Å². The first-order valence-corrected chi connectivity index (χ1v) is 13.4. The average Bonchev–Trinajstić information content (AvgIpc) is 3.48. The molecular formula is C25H24N4O3S2. The second-order valence-corrected chi connectivity index (χ2v) is 11.0. The van der Waals surface area contributed by atoms with Crippen LogP contribution in [-0.2, 0) is 14.8 Å². The van der Waals surface area contributed by atoms with Gasteiger partial charge in [0.15, 0.2) is 5.16 Å². The zero-order valence-electron chi connectivity index (χ0n) is 18.6. The molecule has 4 aromatic rings. The second-order valence-electron chi connectivity index (χ2n) is 8.15. The summed E-state index contributed by atoms with van der Waals surface area (Å²) in [6.45, 7) is 2.57. The van der Waals surface area contributed by atoms with Gasteiger partial charge in [0, 0.05) is 13.1 Å². The van der Waals surface area contributed by atoms with Gasteiger partial charge in [-0.1, -0.05) is 66.4 Å². The van der Waals surface area contributed by atoms with E-state index in [0.717, 1.165) is 22.2 Å². The first-order valence-electron chi connectivity index (χ1n) is 10.9. The molecule has 1 aliphatic rings. The molecule has 5 rings (SSSR count). The van der Waals surface area contributed by atoms with Crippen LogP contribution in [0.1, 0.15) is 17.3 Å². The fourth-order valence-corrected chi connectivity index (χ4v) is 6.56. The van der Waals surface area contributed by atoms with Crippen molar-refractivity contribution in [2.45, 2.75) is 23.1 Å². The summed E-state index contributed by atoms with van der Waals surface area (Å²) in [7, 11) is -3.78. The van der Waals surface area contributed by atoms with Crippen molar-refractivity contribution in [1.29, 1.82) is 0 Å². The van der Waals surface area contributed by atoms with Gasteiger partial charge in [-0.3, -0.25) is 4.79 Å². The molecule has 0 bridgehead atoms. The number of aryl methyl sites for hydroxylation is 1. The molecule has 9 heteroatoms. The van der Waals surface area contributed by atoms with Crippen molar-refractivity contribution in [3.8, 4) is 0 Å². The van der Waals surface area contributed by atoms with Crippen LogP contribution in [-0.4, -0.2) is 52.3 Å². The lowest BCUT2D eigenvalue weighted by Crippen LogP contribution is -2.38. The fraction of sp³-hybridized carbons (Fsp3) is 0.200. The lowest BCUT2D eigenvalue weighted by atomic mass is 10.1. The summed E-state index contributed by atoms with van der Waals surface area (Å²) >= 11 is 1.32. The van der Waals surface area contributed by atoms with Crippen molar-refractivity contribution in [3.05, 3.63) is 90.0 Å². The van der Waals surface area contributed by atoms with Crippen molar-refractivity contribution in [2.75, 3.05) is 18.8 Å². The highest BCUT2D eigenvalue weighted by Crippen LogP contribution is 2.35. The molecule has 1 unspecified atom stereocenters. The van der Waals surface area contributed by atoms with E-state index in [1.165, 1.54) is 16.1 Å². The minimum absolute atomic E-state index is 0.138. The predicted octanol–water partition coefficient (Wildman–Crippen LogP) is 4.20. The summed E-state index contributed by atoms with van der Waals surface area (Å²) in [6, 6.07) is 23.6. The number of amides is 1. The van der Waals surface area contributed by atoms with Crippen molar-refractivity contribution < 1.29 is 13.2 Å². The molecule has 1 amide bonds. The number of rotatable bonds is 6. The largest absolute Gasteiger partial charge is 0.333 e. The Morgan fingerprint density at radius 2 is 1.74 bits per heavy atom. The minimum Gasteiger partial charge on any atom is -0.333 e. The lowest BCUT2D eigenvalue weighted by Gasteiger charge is -2.30. The minimum atomic E-state index is -3.78. The van der Waals surface area contributed by atoms with Crippen LogP contribution in [0.4, 0.5) is 0 Å². The summed E-state index contributed by atoms with van der Waals surface area (Å²) in [4.78, 5) is 23.0. The Hall–Kier alpha value is -3.14. The van der Waals surface area contributed by atoms with E-state index in [2.05, 4.69) is 9.97 Å². The molecule has 0 radical (unpaired) electrons. The highest BCUT2D eigenvalue weighted by Gasteiger charge is 2.43. The number of sulfonamides is 1. The molecule has 174 valence electrons. The number of carbonyl (C=O) groups excluding carboxylic acids is 1. The van der Waals surface area contributed by atoms with Gasteiger partial charge in [0.25, 0.3) is 0 Å². The van der Waals surface area contributed by atoms with E-state index in [9.17, 15) is 13.2 Å². The van der Waals surface area contributed by atoms with E-state index in [1.807, 2.05) is 55.5 Å². The topological polar surface area (TPSA) is 86.4 Å². The summed E-state index contributed by atoms with van der Waals surface area (Å²) in [5.41, 5.74) is 3.67. The fourth-order valence-electron chi connectivity index (χ4n) is 4.20. The Balaban J connectivity index is 1.40. The zero-order valence-corrected chi connectivity index (χ0v) is 20.2. The highest BCUT2D eigenvalue weighted by atomic mass is 32.2. The smallest absolute Gasteiger partial charge is 0.245 e. The van der Waals surface area contributed by atoms with E-state index in [0.29, 0.717) is 11.7 Å². The molecule has 0 aliphatic carbocycles. The third-order valence-corrected chi connectivity index (χ3v) is 8.57. The van der Waals surface area contributed by atoms with E-state index in [-0.39, 0.29) is 23.1 Å². The Bertz CT molecular complexity index is 1420. The molecule has 1 atom stereocenters. The van der Waals surface area contributed by atoms with Crippen LogP contribution >= 0.6 is 11.8 Å². The van der Waals surface area contributed by atoms with Gasteiger partial charge in [0.1, 0.15) is 6.17 Å². The van der Waals surface area contributed by atoms with Crippen LogP contribution in [0.15, 0.2) is 88.9 Å². The summed E-state index contributed by atoms with van der Waals surface area (Å²) in [6.07, 6.45) is -0.696. The normalized spacial score (nSPS) is 16.9. The van der Waals surface area contributed by atoms with Gasteiger partial charge in [-0.25, -0.2) is 13.4 Å². The van der Waals surface area contributed by atoms with Gasteiger partial charge in [-0.2, -0.15) is 4.31 Å². The maximum Gasteiger partial charge on any atom is 0.245 e. The Kier molecular flexibility index (Phi) is 6.16. The van der Waals surface area contributed by atoms with Gasteiger partial charge in [-0.15, -0.1) is 0 Å². The number of benzene rings is 3. The number of hydrogen-bond donors (Lipinski definition) is 1. The number of fused-ring (bicyclic) bond motifs is 1. The average molecular weight is 493 g/mol. The van der Waals surface area contributed by atoms with E-state index in [4.69, 9.17) is 0 Å². The maximum atomic E-state index is 13.5. The monoisotopic (exact) mass is 492 g/mol. The van der Waals surface area contributed by atoms with Crippen LogP contribution in [0.25, 0.3) is 11.0 Å². The summed E-state index contributed by atoms with van der Waals surface area (Å²) < 4.78 is 28.3. The molecule has 1 aliphatic heterocycles. The molecule has 2 heterocycles. The molecule has 1 N–H and O–H groups in total. The van der Waals surface area contributed by atoms with Crippen LogP contribution in [0.5, 0.6) is 0 Å². The first-order chi connectivity index (χ1) is 16.4. The van der Waals surface area contributed by atoms with E-state index in [1.54, 1.807) is 35.2 Å². The number of nitrogens with one attached hydrogen (secondary N) is 1. The maximum absolute atomic E-state index is 13.5. The summed E-state index contributed by atoms with van der Waals surface area (Å²) in [5, 5.41) is 0.665. The Morgan fingerprint density at radius 3 is 2.47 bits per heavy atom. The molecule has 3 aromatic carbocycles. The standard InChI is InChI=1S/C25H24N4O3S2/c1-18-12-13-21-22(16-18)27-25(26-21)33-17-23(30)28-14-15-29(24(28)19-8-4-2-5-9-19)34(31,32)20-10-6-3-7-11-20/h2-13,16,24H,14-15,17H2,1H3,(H,26,27). The number of H-pyrrole nitrogens is 1. The third-order valence-electron chi connectivity index (χ3n) is 5.85. The van der Waals surface area contributed by atoms with Crippen molar-refractivity contribution in [3.63, 3.8) is 0 Å². The van der Waals surface area contributed by atoms with Crippen LogP contribution in [0.3, 0.4) is 0 Å². The predicted molar refractivity (Wildman–Crippen MR) is 133 cm³/mol. The molecular weight excluding hydrogens is 468 g/mol. The van der Waals surface area contributed by atoms with Crippen LogP contribution < -0.4 is 0 Å². The highest BCUT2D eigenvalue weighted by molar-refractivity contribution is 7.99. The summed E-state index contributed by atoms with van der Waals surface area (Å²) in [5.74, 6) is 0.0164. The molecule has 7 nitrogen and oxygen atoms in total. The third kappa shape index (κ3) is 4.34. The Labute approximate surface area is 202 Å². The van der Waals surface area contributed by atoms with Gasteiger partial charge in [0.05, 0.1) is 21.7 Å². The van der Waals surface area contributed by atoms with Crippen molar-refractivity contribution in [2.24, 2.45) is 0 Å². The number of thioether (sulfide) groups is 1. The quantitative estimate of drug-likeness (QED) is 0.408. The molecule has 0 saturated carbocycles. The van der Waals surface area contributed by atoms with Gasteiger partial charge >= 0.3 is 0 Å². The van der Waals surface area contributed by atoms with E-state index < -0.39 is 16.2 Å². The molecule has 34 heavy (non-hydrogen) atoms. The SMILES string of the molecule is Cc1ccc2nc(SCC(=O)N3CCN(S(=O)(=O)c4ccccc4)C3c3ccccc3)[nH]c2c1. The van der Waals surface area contributed by atoms with Crippen LogP contribution in [0.2, 0.25) is 0 Å². The van der Waals surface area contributed by atoms with Gasteiger partial charge < -0.3 is 9.88 Å². The van der Waals surface area contributed by atoms with Crippen LogP contribution in [0, 0.1) is 6.92 Å².